The lowest BCUT2D eigenvalue weighted by molar-refractivity contribution is 0.0376. The van der Waals surface area contributed by atoms with E-state index in [2.05, 4.69) is 36.0 Å². The molecule has 1 amide bonds. The molecular weight excluding hydrogens is 398 g/mol. The SMILES string of the molecule is Cc1cc(C)c2sc(N(CCCN3CCOCC3)C(=O)c3c(C)cnn3C)nc2c1. The van der Waals surface area contributed by atoms with Gasteiger partial charge in [-0.05, 0) is 49.9 Å². The van der Waals surface area contributed by atoms with E-state index in [1.165, 1.54) is 11.1 Å². The van der Waals surface area contributed by atoms with Crippen LogP contribution in [-0.4, -0.2) is 65.0 Å². The first-order valence-electron chi connectivity index (χ1n) is 10.4. The Kier molecular flexibility index (Phi) is 6.17. The standard InChI is InChI=1S/C22H29N5O2S/c1-15-12-16(2)20-18(13-15)24-22(30-20)27(7-5-6-26-8-10-29-11-9-26)21(28)19-17(3)14-23-25(19)4/h12-14H,5-11H2,1-4H3. The number of anilines is 1. The second-order valence-corrected chi connectivity index (χ2v) is 8.97. The number of aromatic nitrogens is 3. The fraction of sp³-hybridized carbons (Fsp3) is 0.500. The molecule has 160 valence electrons. The lowest BCUT2D eigenvalue weighted by atomic mass is 10.1. The number of ether oxygens (including phenoxy) is 1. The maximum atomic E-state index is 13.6. The Morgan fingerprint density at radius 1 is 1.20 bits per heavy atom. The van der Waals surface area contributed by atoms with Crippen molar-refractivity contribution < 1.29 is 9.53 Å². The third kappa shape index (κ3) is 4.26. The Hall–Kier alpha value is -2.29. The van der Waals surface area contributed by atoms with Crippen molar-refractivity contribution in [3.05, 3.63) is 40.7 Å². The maximum Gasteiger partial charge on any atom is 0.278 e. The number of benzene rings is 1. The molecule has 8 heteroatoms. The van der Waals surface area contributed by atoms with Gasteiger partial charge in [0.1, 0.15) is 5.69 Å². The molecule has 30 heavy (non-hydrogen) atoms. The number of aryl methyl sites for hydroxylation is 4. The zero-order valence-electron chi connectivity index (χ0n) is 18.1. The van der Waals surface area contributed by atoms with E-state index >= 15 is 0 Å². The number of amides is 1. The van der Waals surface area contributed by atoms with Gasteiger partial charge in [-0.15, -0.1) is 0 Å². The predicted molar refractivity (Wildman–Crippen MR) is 121 cm³/mol. The van der Waals surface area contributed by atoms with Crippen molar-refractivity contribution in [3.63, 3.8) is 0 Å². The van der Waals surface area contributed by atoms with E-state index in [4.69, 9.17) is 9.72 Å². The average molecular weight is 428 g/mol. The van der Waals surface area contributed by atoms with E-state index in [0.717, 1.165) is 60.2 Å². The summed E-state index contributed by atoms with van der Waals surface area (Å²) >= 11 is 1.59. The highest BCUT2D eigenvalue weighted by Crippen LogP contribution is 2.33. The van der Waals surface area contributed by atoms with Crippen molar-refractivity contribution in [2.45, 2.75) is 27.2 Å². The third-order valence-electron chi connectivity index (χ3n) is 5.57. The highest BCUT2D eigenvalue weighted by molar-refractivity contribution is 7.22. The second-order valence-electron chi connectivity index (χ2n) is 7.99. The van der Waals surface area contributed by atoms with Crippen LogP contribution in [0.4, 0.5) is 5.13 Å². The molecule has 1 fully saturated rings. The van der Waals surface area contributed by atoms with Crippen molar-refractivity contribution in [2.75, 3.05) is 44.3 Å². The van der Waals surface area contributed by atoms with E-state index in [0.29, 0.717) is 12.2 Å². The van der Waals surface area contributed by atoms with Crippen LogP contribution in [-0.2, 0) is 11.8 Å². The molecule has 0 saturated carbocycles. The number of morpholine rings is 1. The molecule has 2 aromatic heterocycles. The van der Waals surface area contributed by atoms with Gasteiger partial charge < -0.3 is 4.74 Å². The molecule has 3 heterocycles. The Bertz CT molecular complexity index is 1030. The molecule has 1 saturated heterocycles. The Balaban J connectivity index is 1.62. The van der Waals surface area contributed by atoms with Gasteiger partial charge in [0.15, 0.2) is 5.13 Å². The van der Waals surface area contributed by atoms with Crippen molar-refractivity contribution in [1.82, 2.24) is 19.7 Å². The van der Waals surface area contributed by atoms with Gasteiger partial charge in [-0.3, -0.25) is 19.3 Å². The molecule has 0 unspecified atom stereocenters. The minimum atomic E-state index is -0.0390. The largest absolute Gasteiger partial charge is 0.379 e. The molecule has 3 aromatic rings. The second kappa shape index (κ2) is 8.83. The zero-order chi connectivity index (χ0) is 21.3. The molecule has 0 N–H and O–H groups in total. The van der Waals surface area contributed by atoms with Crippen LogP contribution in [0.2, 0.25) is 0 Å². The third-order valence-corrected chi connectivity index (χ3v) is 6.80. The smallest absolute Gasteiger partial charge is 0.278 e. The Morgan fingerprint density at radius 3 is 2.67 bits per heavy atom. The fourth-order valence-electron chi connectivity index (χ4n) is 4.02. The number of carbonyl (C=O) groups is 1. The van der Waals surface area contributed by atoms with Crippen LogP contribution in [0.25, 0.3) is 10.2 Å². The summed E-state index contributed by atoms with van der Waals surface area (Å²) in [6, 6.07) is 4.26. The fourth-order valence-corrected chi connectivity index (χ4v) is 5.06. The van der Waals surface area contributed by atoms with Crippen molar-refractivity contribution in [1.29, 1.82) is 0 Å². The van der Waals surface area contributed by atoms with E-state index in [9.17, 15) is 4.79 Å². The predicted octanol–water partition coefficient (Wildman–Crippen LogP) is 3.32. The van der Waals surface area contributed by atoms with Crippen molar-refractivity contribution >= 4 is 32.6 Å². The molecule has 0 radical (unpaired) electrons. The molecule has 1 aliphatic heterocycles. The number of rotatable bonds is 6. The quantitative estimate of drug-likeness (QED) is 0.604. The molecule has 1 aromatic carbocycles. The molecule has 7 nitrogen and oxygen atoms in total. The van der Waals surface area contributed by atoms with Crippen LogP contribution in [0.5, 0.6) is 0 Å². The summed E-state index contributed by atoms with van der Waals surface area (Å²) in [5, 5.41) is 5.02. The average Bonchev–Trinajstić information content (AvgIpc) is 3.28. The van der Waals surface area contributed by atoms with E-state index in [1.54, 1.807) is 22.2 Å². The van der Waals surface area contributed by atoms with Gasteiger partial charge in [-0.25, -0.2) is 4.98 Å². The number of hydrogen-bond donors (Lipinski definition) is 0. The summed E-state index contributed by atoms with van der Waals surface area (Å²) in [6.07, 6.45) is 2.63. The normalized spacial score (nSPS) is 15.1. The summed E-state index contributed by atoms with van der Waals surface area (Å²) in [6.45, 7) is 11.2. The zero-order valence-corrected chi connectivity index (χ0v) is 19.0. The molecule has 0 bridgehead atoms. The molecule has 0 spiro atoms. The highest BCUT2D eigenvalue weighted by Gasteiger charge is 2.26. The summed E-state index contributed by atoms with van der Waals surface area (Å²) in [5.74, 6) is -0.0390. The van der Waals surface area contributed by atoms with E-state index in [-0.39, 0.29) is 5.91 Å². The van der Waals surface area contributed by atoms with Crippen molar-refractivity contribution in [2.24, 2.45) is 7.05 Å². The van der Waals surface area contributed by atoms with Gasteiger partial charge in [0.05, 0.1) is 29.6 Å². The first-order chi connectivity index (χ1) is 14.4. The van der Waals surface area contributed by atoms with Crippen LogP contribution >= 0.6 is 11.3 Å². The molecule has 1 aliphatic rings. The van der Waals surface area contributed by atoms with Gasteiger partial charge in [0.2, 0.25) is 0 Å². The van der Waals surface area contributed by atoms with Gasteiger partial charge in [-0.2, -0.15) is 5.10 Å². The number of fused-ring (bicyclic) bond motifs is 1. The number of thiazole rings is 1. The minimum absolute atomic E-state index is 0.0390. The summed E-state index contributed by atoms with van der Waals surface area (Å²) in [5.41, 5.74) is 4.85. The van der Waals surface area contributed by atoms with E-state index < -0.39 is 0 Å². The minimum Gasteiger partial charge on any atom is -0.379 e. The van der Waals surface area contributed by atoms with Crippen LogP contribution < -0.4 is 4.90 Å². The molecule has 0 aliphatic carbocycles. The van der Waals surface area contributed by atoms with Gasteiger partial charge in [-0.1, -0.05) is 17.4 Å². The van der Waals surface area contributed by atoms with Crippen LogP contribution in [0.1, 0.15) is 33.6 Å². The lowest BCUT2D eigenvalue weighted by Crippen LogP contribution is -2.39. The Morgan fingerprint density at radius 2 is 1.97 bits per heavy atom. The van der Waals surface area contributed by atoms with Gasteiger partial charge in [0, 0.05) is 33.2 Å². The molecule has 0 atom stereocenters. The molecular formula is C22H29N5O2S. The van der Waals surface area contributed by atoms with Gasteiger partial charge in [0.25, 0.3) is 5.91 Å². The monoisotopic (exact) mass is 427 g/mol. The number of nitrogens with zero attached hydrogens (tertiary/aromatic N) is 5. The topological polar surface area (TPSA) is 63.5 Å². The van der Waals surface area contributed by atoms with E-state index in [1.807, 2.05) is 18.9 Å². The van der Waals surface area contributed by atoms with Crippen LogP contribution in [0.3, 0.4) is 0 Å². The lowest BCUT2D eigenvalue weighted by Gasteiger charge is -2.27. The van der Waals surface area contributed by atoms with Crippen LogP contribution in [0.15, 0.2) is 18.3 Å². The Labute approximate surface area is 181 Å². The summed E-state index contributed by atoms with van der Waals surface area (Å²) in [7, 11) is 1.82. The summed E-state index contributed by atoms with van der Waals surface area (Å²) < 4.78 is 8.24. The first-order valence-corrected chi connectivity index (χ1v) is 11.2. The maximum absolute atomic E-state index is 13.6. The van der Waals surface area contributed by atoms with Crippen LogP contribution in [0, 0.1) is 20.8 Å². The number of hydrogen-bond acceptors (Lipinski definition) is 6. The first kappa shape index (κ1) is 21.0. The van der Waals surface area contributed by atoms with Gasteiger partial charge >= 0.3 is 0 Å². The summed E-state index contributed by atoms with van der Waals surface area (Å²) in [4.78, 5) is 22.6. The molecule has 4 rings (SSSR count). The number of carbonyl (C=O) groups excluding carboxylic acids is 1. The highest BCUT2D eigenvalue weighted by atomic mass is 32.1. The van der Waals surface area contributed by atoms with Crippen molar-refractivity contribution in [3.8, 4) is 0 Å².